The van der Waals surface area contributed by atoms with E-state index in [1.165, 1.54) is 6.42 Å². The Bertz CT molecular complexity index is 420. The Morgan fingerprint density at radius 2 is 2.00 bits per heavy atom. The standard InChI is InChI=1S/C16H25N3O/c1-3-10-19(11-4-2)15-9-8-14(12-17-15)18-16(20)13-6-5-7-13/h8-9,12-13H,3-7,10-11H2,1-2H3,(H,18,20). The number of carbonyl (C=O) groups excluding carboxylic acids is 1. The summed E-state index contributed by atoms with van der Waals surface area (Å²) in [6.07, 6.45) is 7.22. The molecular formula is C16H25N3O. The van der Waals surface area contributed by atoms with Crippen molar-refractivity contribution in [3.63, 3.8) is 0 Å². The molecule has 1 fully saturated rings. The molecule has 1 heterocycles. The monoisotopic (exact) mass is 275 g/mol. The van der Waals surface area contributed by atoms with Crippen molar-refractivity contribution < 1.29 is 4.79 Å². The fourth-order valence-electron chi connectivity index (χ4n) is 2.44. The zero-order valence-electron chi connectivity index (χ0n) is 12.6. The van der Waals surface area contributed by atoms with E-state index in [0.29, 0.717) is 0 Å². The van der Waals surface area contributed by atoms with Gasteiger partial charge in [0.2, 0.25) is 5.91 Å². The topological polar surface area (TPSA) is 45.2 Å². The number of aromatic nitrogens is 1. The van der Waals surface area contributed by atoms with Gasteiger partial charge in [-0.15, -0.1) is 0 Å². The average molecular weight is 275 g/mol. The summed E-state index contributed by atoms with van der Waals surface area (Å²) in [7, 11) is 0. The highest BCUT2D eigenvalue weighted by atomic mass is 16.1. The van der Waals surface area contributed by atoms with E-state index in [4.69, 9.17) is 0 Å². The molecule has 1 aliphatic rings. The second kappa shape index (κ2) is 7.27. The average Bonchev–Trinajstić information content (AvgIpc) is 2.37. The van der Waals surface area contributed by atoms with Crippen LogP contribution in [0.1, 0.15) is 46.0 Å². The zero-order valence-corrected chi connectivity index (χ0v) is 12.6. The fraction of sp³-hybridized carbons (Fsp3) is 0.625. The summed E-state index contributed by atoms with van der Waals surface area (Å²) in [6.45, 7) is 6.40. The van der Waals surface area contributed by atoms with Gasteiger partial charge in [-0.25, -0.2) is 4.98 Å². The summed E-state index contributed by atoms with van der Waals surface area (Å²) in [5.41, 5.74) is 0.804. The normalized spacial score (nSPS) is 14.7. The lowest BCUT2D eigenvalue weighted by atomic mass is 9.85. The van der Waals surface area contributed by atoms with Crippen molar-refractivity contribution in [2.24, 2.45) is 5.92 Å². The Labute approximate surface area is 121 Å². The number of nitrogens with zero attached hydrogens (tertiary/aromatic N) is 2. The van der Waals surface area contributed by atoms with Gasteiger partial charge in [-0.05, 0) is 37.8 Å². The molecule has 0 atom stereocenters. The van der Waals surface area contributed by atoms with Crippen molar-refractivity contribution in [1.29, 1.82) is 0 Å². The third-order valence-electron chi connectivity index (χ3n) is 3.80. The van der Waals surface area contributed by atoms with Crippen molar-refractivity contribution in [2.45, 2.75) is 46.0 Å². The molecule has 4 heteroatoms. The summed E-state index contributed by atoms with van der Waals surface area (Å²) in [5, 5.41) is 2.95. The quantitative estimate of drug-likeness (QED) is 0.829. The Morgan fingerprint density at radius 3 is 2.45 bits per heavy atom. The zero-order chi connectivity index (χ0) is 14.4. The Kier molecular flexibility index (Phi) is 5.39. The van der Waals surface area contributed by atoms with Crippen molar-refractivity contribution in [3.05, 3.63) is 18.3 Å². The number of rotatable bonds is 7. The van der Waals surface area contributed by atoms with Gasteiger partial charge in [-0.2, -0.15) is 0 Å². The number of hydrogen-bond donors (Lipinski definition) is 1. The van der Waals surface area contributed by atoms with Crippen LogP contribution in [0.5, 0.6) is 0 Å². The van der Waals surface area contributed by atoms with E-state index < -0.39 is 0 Å². The SMILES string of the molecule is CCCN(CCC)c1ccc(NC(=O)C2CCC2)cn1. The van der Waals surface area contributed by atoms with Crippen LogP contribution in [0.25, 0.3) is 0 Å². The van der Waals surface area contributed by atoms with E-state index in [9.17, 15) is 4.79 Å². The highest BCUT2D eigenvalue weighted by Crippen LogP contribution is 2.27. The lowest BCUT2D eigenvalue weighted by Crippen LogP contribution is -2.28. The summed E-state index contributed by atoms with van der Waals surface area (Å²) in [4.78, 5) is 18.6. The number of amides is 1. The molecule has 1 aliphatic carbocycles. The van der Waals surface area contributed by atoms with Gasteiger partial charge in [-0.1, -0.05) is 20.3 Å². The van der Waals surface area contributed by atoms with E-state index in [1.807, 2.05) is 12.1 Å². The summed E-state index contributed by atoms with van der Waals surface area (Å²) in [5.74, 6) is 1.35. The molecule has 0 saturated heterocycles. The van der Waals surface area contributed by atoms with Gasteiger partial charge in [0, 0.05) is 19.0 Å². The van der Waals surface area contributed by atoms with Crippen LogP contribution in [0, 0.1) is 5.92 Å². The molecule has 0 spiro atoms. The third kappa shape index (κ3) is 3.71. The van der Waals surface area contributed by atoms with Gasteiger partial charge in [0.05, 0.1) is 11.9 Å². The molecule has 2 rings (SSSR count). The third-order valence-corrected chi connectivity index (χ3v) is 3.80. The van der Waals surface area contributed by atoms with E-state index >= 15 is 0 Å². The molecule has 1 aromatic heterocycles. The molecule has 1 N–H and O–H groups in total. The van der Waals surface area contributed by atoms with Crippen molar-refractivity contribution >= 4 is 17.4 Å². The van der Waals surface area contributed by atoms with Gasteiger partial charge >= 0.3 is 0 Å². The Hall–Kier alpha value is -1.58. The van der Waals surface area contributed by atoms with E-state index in [1.54, 1.807) is 6.20 Å². The second-order valence-corrected chi connectivity index (χ2v) is 5.51. The molecule has 0 radical (unpaired) electrons. The smallest absolute Gasteiger partial charge is 0.227 e. The van der Waals surface area contributed by atoms with Gasteiger partial charge < -0.3 is 10.2 Å². The van der Waals surface area contributed by atoms with Crippen LogP contribution in [0.3, 0.4) is 0 Å². The largest absolute Gasteiger partial charge is 0.357 e. The van der Waals surface area contributed by atoms with Crippen LogP contribution in [-0.4, -0.2) is 24.0 Å². The molecule has 0 bridgehead atoms. The van der Waals surface area contributed by atoms with Gasteiger partial charge in [0.1, 0.15) is 5.82 Å². The van der Waals surface area contributed by atoms with Gasteiger partial charge in [0.15, 0.2) is 0 Å². The number of anilines is 2. The molecule has 20 heavy (non-hydrogen) atoms. The number of hydrogen-bond acceptors (Lipinski definition) is 3. The van der Waals surface area contributed by atoms with E-state index in [0.717, 1.165) is 50.3 Å². The lowest BCUT2D eigenvalue weighted by molar-refractivity contribution is -0.122. The van der Waals surface area contributed by atoms with Gasteiger partial charge in [-0.3, -0.25) is 4.79 Å². The van der Waals surface area contributed by atoms with Crippen LogP contribution in [0.4, 0.5) is 11.5 Å². The van der Waals surface area contributed by atoms with Crippen molar-refractivity contribution in [2.75, 3.05) is 23.3 Å². The minimum absolute atomic E-state index is 0.143. The van der Waals surface area contributed by atoms with Crippen LogP contribution < -0.4 is 10.2 Å². The fourth-order valence-corrected chi connectivity index (χ4v) is 2.44. The minimum Gasteiger partial charge on any atom is -0.357 e. The maximum Gasteiger partial charge on any atom is 0.227 e. The summed E-state index contributed by atoms with van der Waals surface area (Å²) in [6, 6.07) is 3.96. The first-order valence-corrected chi connectivity index (χ1v) is 7.76. The molecule has 0 aliphatic heterocycles. The first-order chi connectivity index (χ1) is 9.74. The number of carbonyl (C=O) groups is 1. The molecule has 1 saturated carbocycles. The predicted molar refractivity (Wildman–Crippen MR) is 83.0 cm³/mol. The first-order valence-electron chi connectivity index (χ1n) is 7.76. The molecule has 1 amide bonds. The maximum absolute atomic E-state index is 11.9. The van der Waals surface area contributed by atoms with Crippen molar-refractivity contribution in [3.8, 4) is 0 Å². The van der Waals surface area contributed by atoms with E-state index in [2.05, 4.69) is 29.0 Å². The van der Waals surface area contributed by atoms with Crippen LogP contribution >= 0.6 is 0 Å². The molecule has 1 aromatic rings. The molecule has 110 valence electrons. The van der Waals surface area contributed by atoms with Crippen LogP contribution in [-0.2, 0) is 4.79 Å². The van der Waals surface area contributed by atoms with Crippen molar-refractivity contribution in [1.82, 2.24) is 4.98 Å². The highest BCUT2D eigenvalue weighted by Gasteiger charge is 2.25. The van der Waals surface area contributed by atoms with E-state index in [-0.39, 0.29) is 11.8 Å². The summed E-state index contributed by atoms with van der Waals surface area (Å²) < 4.78 is 0. The highest BCUT2D eigenvalue weighted by molar-refractivity contribution is 5.92. The minimum atomic E-state index is 0.143. The first kappa shape index (κ1) is 14.8. The lowest BCUT2D eigenvalue weighted by Gasteiger charge is -2.24. The summed E-state index contributed by atoms with van der Waals surface area (Å²) >= 11 is 0. The number of nitrogens with one attached hydrogen (secondary N) is 1. The second-order valence-electron chi connectivity index (χ2n) is 5.51. The van der Waals surface area contributed by atoms with Gasteiger partial charge in [0.25, 0.3) is 0 Å². The Balaban J connectivity index is 1.95. The molecule has 0 unspecified atom stereocenters. The van der Waals surface area contributed by atoms with Crippen LogP contribution in [0.2, 0.25) is 0 Å². The molecule has 0 aromatic carbocycles. The number of pyridine rings is 1. The predicted octanol–water partition coefficient (Wildman–Crippen LogP) is 3.45. The molecular weight excluding hydrogens is 250 g/mol. The maximum atomic E-state index is 11.9. The van der Waals surface area contributed by atoms with Crippen LogP contribution in [0.15, 0.2) is 18.3 Å². The Morgan fingerprint density at radius 1 is 1.30 bits per heavy atom. The molecule has 4 nitrogen and oxygen atoms in total.